The number of nitrogens with zero attached hydrogens (tertiary/aromatic N) is 2. The highest BCUT2D eigenvalue weighted by Crippen LogP contribution is 2.27. The number of fused-ring (bicyclic) bond motifs is 2. The van der Waals surface area contributed by atoms with E-state index in [1.165, 1.54) is 5.56 Å². The first-order valence-corrected chi connectivity index (χ1v) is 11.4. The molecule has 0 unspecified atom stereocenters. The van der Waals surface area contributed by atoms with Crippen LogP contribution in [-0.2, 0) is 6.42 Å². The SMILES string of the molecule is CCc1ccc2nc(-c3ccc(/C=C/c4ccc(-c5nc6ccccc6o5)cc4)cc3)oc2c1. The molecule has 2 heterocycles. The molecule has 0 amide bonds. The number of benzene rings is 4. The van der Waals surface area contributed by atoms with E-state index in [0.717, 1.165) is 50.9 Å². The molecule has 6 rings (SSSR count). The van der Waals surface area contributed by atoms with Gasteiger partial charge in [0.1, 0.15) is 11.0 Å². The standard InChI is InChI=1S/C30H22N2O2/c1-2-20-13-18-26-28(19-20)34-30(32-26)24-16-11-22(12-17-24)8-7-21-9-14-23(15-10-21)29-31-25-5-3-4-6-27(25)33-29/h3-19H,2H2,1H3/b8-7+. The molecule has 6 aromatic rings. The molecule has 4 aromatic carbocycles. The zero-order valence-corrected chi connectivity index (χ0v) is 18.7. The predicted molar refractivity (Wildman–Crippen MR) is 137 cm³/mol. The average molecular weight is 443 g/mol. The Morgan fingerprint density at radius 1 is 0.618 bits per heavy atom. The van der Waals surface area contributed by atoms with Crippen LogP contribution in [0.1, 0.15) is 23.6 Å². The van der Waals surface area contributed by atoms with Gasteiger partial charge in [0.2, 0.25) is 11.8 Å². The molecule has 4 heteroatoms. The number of para-hydroxylation sites is 2. The quantitative estimate of drug-likeness (QED) is 0.254. The van der Waals surface area contributed by atoms with Crippen LogP contribution < -0.4 is 0 Å². The monoisotopic (exact) mass is 442 g/mol. The second kappa shape index (κ2) is 8.49. The number of hydrogen-bond donors (Lipinski definition) is 0. The molecule has 0 saturated heterocycles. The van der Waals surface area contributed by atoms with Crippen LogP contribution in [0.3, 0.4) is 0 Å². The van der Waals surface area contributed by atoms with Crippen LogP contribution in [0.4, 0.5) is 0 Å². The van der Waals surface area contributed by atoms with Crippen LogP contribution in [-0.4, -0.2) is 9.97 Å². The van der Waals surface area contributed by atoms with Crippen LogP contribution in [0.5, 0.6) is 0 Å². The first-order valence-electron chi connectivity index (χ1n) is 11.4. The lowest BCUT2D eigenvalue weighted by atomic mass is 10.1. The predicted octanol–water partition coefficient (Wildman–Crippen LogP) is 8.04. The van der Waals surface area contributed by atoms with Gasteiger partial charge in [-0.2, -0.15) is 0 Å². The Hall–Kier alpha value is -4.44. The Kier molecular flexibility index (Phi) is 5.04. The Morgan fingerprint density at radius 2 is 1.18 bits per heavy atom. The van der Waals surface area contributed by atoms with Crippen molar-refractivity contribution in [1.29, 1.82) is 0 Å². The van der Waals surface area contributed by atoms with E-state index in [1.807, 2.05) is 54.6 Å². The second-order valence-corrected chi connectivity index (χ2v) is 8.24. The molecule has 164 valence electrons. The summed E-state index contributed by atoms with van der Waals surface area (Å²) in [4.78, 5) is 9.20. The van der Waals surface area contributed by atoms with Crippen molar-refractivity contribution in [2.75, 3.05) is 0 Å². The van der Waals surface area contributed by atoms with E-state index >= 15 is 0 Å². The van der Waals surface area contributed by atoms with E-state index in [-0.39, 0.29) is 0 Å². The maximum absolute atomic E-state index is 5.99. The zero-order chi connectivity index (χ0) is 22.9. The molecule has 0 aliphatic rings. The number of oxazole rings is 2. The van der Waals surface area contributed by atoms with Gasteiger partial charge in [0, 0.05) is 11.1 Å². The molecule has 0 atom stereocenters. The molecular formula is C30H22N2O2. The summed E-state index contributed by atoms with van der Waals surface area (Å²) < 4.78 is 11.9. The number of aromatic nitrogens is 2. The first kappa shape index (κ1) is 20.2. The highest BCUT2D eigenvalue weighted by molar-refractivity contribution is 5.78. The van der Waals surface area contributed by atoms with Crippen molar-refractivity contribution in [3.8, 4) is 22.9 Å². The van der Waals surface area contributed by atoms with Crippen molar-refractivity contribution in [3.05, 3.63) is 108 Å². The molecule has 34 heavy (non-hydrogen) atoms. The fourth-order valence-electron chi connectivity index (χ4n) is 3.97. The summed E-state index contributed by atoms with van der Waals surface area (Å²) in [5.74, 6) is 1.28. The normalized spacial score (nSPS) is 11.7. The summed E-state index contributed by atoms with van der Waals surface area (Å²) in [7, 11) is 0. The third-order valence-electron chi connectivity index (χ3n) is 5.94. The molecule has 0 aliphatic heterocycles. The lowest BCUT2D eigenvalue weighted by Gasteiger charge is -1.99. The minimum Gasteiger partial charge on any atom is -0.436 e. The molecule has 0 N–H and O–H groups in total. The van der Waals surface area contributed by atoms with Gasteiger partial charge < -0.3 is 8.83 Å². The van der Waals surface area contributed by atoms with E-state index in [2.05, 4.69) is 65.4 Å². The Bertz CT molecular complexity index is 1590. The average Bonchev–Trinajstić information content (AvgIpc) is 3.52. The summed E-state index contributed by atoms with van der Waals surface area (Å²) in [5, 5.41) is 0. The van der Waals surface area contributed by atoms with Gasteiger partial charge in [-0.3, -0.25) is 0 Å². The van der Waals surface area contributed by atoms with Gasteiger partial charge in [-0.15, -0.1) is 0 Å². The van der Waals surface area contributed by atoms with Crippen molar-refractivity contribution in [1.82, 2.24) is 9.97 Å². The molecule has 0 bridgehead atoms. The zero-order valence-electron chi connectivity index (χ0n) is 18.7. The van der Waals surface area contributed by atoms with Crippen LogP contribution >= 0.6 is 0 Å². The fourth-order valence-corrected chi connectivity index (χ4v) is 3.97. The summed E-state index contributed by atoms with van der Waals surface area (Å²) in [6, 6.07) is 30.4. The Balaban J connectivity index is 1.18. The van der Waals surface area contributed by atoms with Gasteiger partial charge in [0.25, 0.3) is 0 Å². The van der Waals surface area contributed by atoms with Gasteiger partial charge in [0.05, 0.1) is 0 Å². The fraction of sp³-hybridized carbons (Fsp3) is 0.0667. The molecule has 2 aromatic heterocycles. The molecule has 0 aliphatic carbocycles. The summed E-state index contributed by atoms with van der Waals surface area (Å²) in [5.41, 5.74) is 8.78. The molecule has 0 fully saturated rings. The van der Waals surface area contributed by atoms with E-state index < -0.39 is 0 Å². The minimum absolute atomic E-state index is 0.637. The Morgan fingerprint density at radius 3 is 1.76 bits per heavy atom. The van der Waals surface area contributed by atoms with Crippen molar-refractivity contribution >= 4 is 34.4 Å². The molecule has 0 saturated carbocycles. The summed E-state index contributed by atoms with van der Waals surface area (Å²) >= 11 is 0. The highest BCUT2D eigenvalue weighted by atomic mass is 16.4. The van der Waals surface area contributed by atoms with E-state index in [9.17, 15) is 0 Å². The topological polar surface area (TPSA) is 52.1 Å². The molecule has 4 nitrogen and oxygen atoms in total. The highest BCUT2D eigenvalue weighted by Gasteiger charge is 2.09. The van der Waals surface area contributed by atoms with Crippen LogP contribution in [0, 0.1) is 0 Å². The maximum atomic E-state index is 5.99. The molecule has 0 spiro atoms. The van der Waals surface area contributed by atoms with Gasteiger partial charge in [0.15, 0.2) is 11.2 Å². The van der Waals surface area contributed by atoms with Crippen molar-refractivity contribution < 1.29 is 8.83 Å². The smallest absolute Gasteiger partial charge is 0.227 e. The van der Waals surface area contributed by atoms with Crippen molar-refractivity contribution in [3.63, 3.8) is 0 Å². The van der Waals surface area contributed by atoms with Crippen molar-refractivity contribution in [2.24, 2.45) is 0 Å². The van der Waals surface area contributed by atoms with Gasteiger partial charge in [-0.05, 0) is 71.6 Å². The largest absolute Gasteiger partial charge is 0.436 e. The van der Waals surface area contributed by atoms with Crippen LogP contribution in [0.2, 0.25) is 0 Å². The summed E-state index contributed by atoms with van der Waals surface area (Å²) in [6.45, 7) is 2.14. The number of aryl methyl sites for hydroxylation is 1. The Labute approximate surface area is 197 Å². The first-order chi connectivity index (χ1) is 16.7. The number of rotatable bonds is 5. The van der Waals surface area contributed by atoms with Gasteiger partial charge in [-0.25, -0.2) is 9.97 Å². The molecule has 0 radical (unpaired) electrons. The lowest BCUT2D eigenvalue weighted by molar-refractivity contribution is 0.619. The van der Waals surface area contributed by atoms with Gasteiger partial charge >= 0.3 is 0 Å². The van der Waals surface area contributed by atoms with E-state index in [0.29, 0.717) is 11.8 Å². The minimum atomic E-state index is 0.637. The van der Waals surface area contributed by atoms with E-state index in [4.69, 9.17) is 8.83 Å². The van der Waals surface area contributed by atoms with Crippen LogP contribution in [0.15, 0.2) is 99.8 Å². The van der Waals surface area contributed by atoms with Crippen LogP contribution in [0.25, 0.3) is 57.3 Å². The van der Waals surface area contributed by atoms with Gasteiger partial charge in [-0.1, -0.05) is 61.5 Å². The third-order valence-corrected chi connectivity index (χ3v) is 5.94. The maximum Gasteiger partial charge on any atom is 0.227 e. The lowest BCUT2D eigenvalue weighted by Crippen LogP contribution is -1.79. The third kappa shape index (κ3) is 3.90. The second-order valence-electron chi connectivity index (χ2n) is 8.24. The number of hydrogen-bond acceptors (Lipinski definition) is 4. The molecular weight excluding hydrogens is 420 g/mol. The van der Waals surface area contributed by atoms with E-state index in [1.54, 1.807) is 0 Å². The van der Waals surface area contributed by atoms with Crippen molar-refractivity contribution in [2.45, 2.75) is 13.3 Å². The summed E-state index contributed by atoms with van der Waals surface area (Å²) in [6.07, 6.45) is 5.17.